The number of aliphatic hydroxyl groups is 1. The average molecular weight is 491 g/mol. The standard InChI is InChI=1S/C25H34N2O6S/c1-15(28)21-18-12-19(34-11-10-26-20(29)14-32-5)22(27(18)23(21)30)24(31)33-13-16-6-8-17(9-7-16)25(2,3)4/h6-9,15,18,21,28H,10-14H2,1-5H3,(H,26,29)/t15-,18-,21-/m1/s1. The highest BCUT2D eigenvalue weighted by Crippen LogP contribution is 2.47. The summed E-state index contributed by atoms with van der Waals surface area (Å²) in [6.45, 7) is 8.49. The van der Waals surface area contributed by atoms with Crippen molar-refractivity contribution in [2.75, 3.05) is 26.0 Å². The second kappa shape index (κ2) is 10.9. The summed E-state index contributed by atoms with van der Waals surface area (Å²) in [6.07, 6.45) is -0.298. The van der Waals surface area contributed by atoms with Crippen molar-refractivity contribution in [1.82, 2.24) is 10.2 Å². The summed E-state index contributed by atoms with van der Waals surface area (Å²) in [7, 11) is 1.45. The van der Waals surface area contributed by atoms with Crippen LogP contribution < -0.4 is 5.32 Å². The number of nitrogens with zero attached hydrogens (tertiary/aromatic N) is 1. The van der Waals surface area contributed by atoms with E-state index >= 15 is 0 Å². The zero-order chi connectivity index (χ0) is 25.0. The molecule has 0 aromatic heterocycles. The van der Waals surface area contributed by atoms with Crippen LogP contribution in [0.2, 0.25) is 0 Å². The molecule has 2 N–H and O–H groups in total. The number of rotatable bonds is 10. The quantitative estimate of drug-likeness (QED) is 0.295. The summed E-state index contributed by atoms with van der Waals surface area (Å²) in [5.41, 5.74) is 2.34. The predicted molar refractivity (Wildman–Crippen MR) is 130 cm³/mol. The highest BCUT2D eigenvalue weighted by atomic mass is 32.2. The van der Waals surface area contributed by atoms with Crippen LogP contribution in [0.25, 0.3) is 0 Å². The Bertz CT molecular complexity index is 951. The van der Waals surface area contributed by atoms with Crippen molar-refractivity contribution in [2.45, 2.75) is 58.3 Å². The molecule has 2 amide bonds. The van der Waals surface area contributed by atoms with Gasteiger partial charge in [-0.05, 0) is 23.5 Å². The van der Waals surface area contributed by atoms with E-state index in [-0.39, 0.29) is 42.2 Å². The van der Waals surface area contributed by atoms with Crippen LogP contribution in [-0.2, 0) is 35.9 Å². The highest BCUT2D eigenvalue weighted by Gasteiger charge is 2.57. The number of aliphatic hydroxyl groups excluding tert-OH is 1. The van der Waals surface area contributed by atoms with Gasteiger partial charge in [0.05, 0.1) is 18.1 Å². The third kappa shape index (κ3) is 5.82. The molecule has 186 valence electrons. The summed E-state index contributed by atoms with van der Waals surface area (Å²) in [4.78, 5) is 39.5. The highest BCUT2D eigenvalue weighted by molar-refractivity contribution is 8.03. The Labute approximate surface area is 205 Å². The topological polar surface area (TPSA) is 105 Å². The lowest BCUT2D eigenvalue weighted by Crippen LogP contribution is -2.61. The zero-order valence-electron chi connectivity index (χ0n) is 20.4. The van der Waals surface area contributed by atoms with Crippen molar-refractivity contribution in [3.05, 3.63) is 46.0 Å². The van der Waals surface area contributed by atoms with Gasteiger partial charge in [-0.15, -0.1) is 11.8 Å². The third-order valence-electron chi connectivity index (χ3n) is 6.05. The number of hydrogen-bond donors (Lipinski definition) is 2. The summed E-state index contributed by atoms with van der Waals surface area (Å²) in [5, 5.41) is 12.8. The summed E-state index contributed by atoms with van der Waals surface area (Å²) in [5.74, 6) is -1.01. The molecule has 3 rings (SSSR count). The fraction of sp³-hybridized carbons (Fsp3) is 0.560. The van der Waals surface area contributed by atoms with Gasteiger partial charge in [-0.2, -0.15) is 0 Å². The van der Waals surface area contributed by atoms with Gasteiger partial charge in [0, 0.05) is 30.7 Å². The SMILES string of the molecule is COCC(=O)NCCSC1=C(C(=O)OCc2ccc(C(C)(C)C)cc2)N2C(=O)[C@H]([C@@H](C)O)[C@H]2C1. The number of fused-ring (bicyclic) bond motifs is 1. The van der Waals surface area contributed by atoms with Crippen molar-refractivity contribution < 1.29 is 29.0 Å². The predicted octanol–water partition coefficient (Wildman–Crippen LogP) is 2.35. The van der Waals surface area contributed by atoms with Crippen LogP contribution in [0.4, 0.5) is 0 Å². The molecular formula is C25H34N2O6S. The van der Waals surface area contributed by atoms with Crippen molar-refractivity contribution in [3.63, 3.8) is 0 Å². The van der Waals surface area contributed by atoms with Crippen LogP contribution in [0.5, 0.6) is 0 Å². The zero-order valence-corrected chi connectivity index (χ0v) is 21.2. The number of hydrogen-bond acceptors (Lipinski definition) is 7. The minimum Gasteiger partial charge on any atom is -0.456 e. The number of methoxy groups -OCH3 is 1. The van der Waals surface area contributed by atoms with Gasteiger partial charge in [0.15, 0.2) is 0 Å². The van der Waals surface area contributed by atoms with Crippen LogP contribution in [0.15, 0.2) is 34.9 Å². The number of carbonyl (C=O) groups excluding carboxylic acids is 3. The van der Waals surface area contributed by atoms with Crippen LogP contribution in [-0.4, -0.2) is 66.0 Å². The first-order chi connectivity index (χ1) is 16.0. The maximum absolute atomic E-state index is 13.1. The molecule has 1 aromatic carbocycles. The number of esters is 1. The van der Waals surface area contributed by atoms with E-state index < -0.39 is 18.0 Å². The lowest BCUT2D eigenvalue weighted by atomic mass is 9.83. The Kier molecular flexibility index (Phi) is 8.43. The normalized spacial score (nSPS) is 20.6. The number of nitrogens with one attached hydrogen (secondary N) is 1. The molecule has 9 heteroatoms. The smallest absolute Gasteiger partial charge is 0.356 e. The monoisotopic (exact) mass is 490 g/mol. The van der Waals surface area contributed by atoms with Gasteiger partial charge in [0.1, 0.15) is 18.9 Å². The van der Waals surface area contributed by atoms with Gasteiger partial charge in [-0.3, -0.25) is 9.59 Å². The van der Waals surface area contributed by atoms with E-state index in [1.807, 2.05) is 24.3 Å². The van der Waals surface area contributed by atoms with E-state index in [1.54, 1.807) is 6.92 Å². The molecule has 0 spiro atoms. The van der Waals surface area contributed by atoms with Gasteiger partial charge in [0.2, 0.25) is 11.8 Å². The molecule has 0 radical (unpaired) electrons. The molecule has 1 fully saturated rings. The number of benzene rings is 1. The van der Waals surface area contributed by atoms with E-state index in [9.17, 15) is 19.5 Å². The second-order valence-corrected chi connectivity index (χ2v) is 10.9. The first-order valence-electron chi connectivity index (χ1n) is 11.4. The van der Waals surface area contributed by atoms with E-state index in [1.165, 1.54) is 29.3 Å². The molecule has 1 aromatic rings. The molecule has 3 atom stereocenters. The lowest BCUT2D eigenvalue weighted by molar-refractivity contribution is -0.162. The maximum atomic E-state index is 13.1. The average Bonchev–Trinajstić information content (AvgIpc) is 3.08. The van der Waals surface area contributed by atoms with E-state index in [0.29, 0.717) is 18.7 Å². The van der Waals surface area contributed by atoms with E-state index in [0.717, 1.165) is 10.5 Å². The minimum absolute atomic E-state index is 0.0118. The van der Waals surface area contributed by atoms with Gasteiger partial charge in [0.25, 0.3) is 0 Å². The van der Waals surface area contributed by atoms with E-state index in [4.69, 9.17) is 9.47 Å². The lowest BCUT2D eigenvalue weighted by Gasteiger charge is -2.44. The molecular weight excluding hydrogens is 456 g/mol. The fourth-order valence-corrected chi connectivity index (χ4v) is 5.27. The van der Waals surface area contributed by atoms with Crippen molar-refractivity contribution in [2.24, 2.45) is 5.92 Å². The van der Waals surface area contributed by atoms with Crippen molar-refractivity contribution >= 4 is 29.5 Å². The maximum Gasteiger partial charge on any atom is 0.356 e. The number of β-lactam (4-membered cyclic amide) rings is 1. The Morgan fingerprint density at radius 3 is 2.53 bits per heavy atom. The Morgan fingerprint density at radius 2 is 1.94 bits per heavy atom. The summed E-state index contributed by atoms with van der Waals surface area (Å²) < 4.78 is 10.4. The van der Waals surface area contributed by atoms with Crippen LogP contribution in [0.3, 0.4) is 0 Å². The van der Waals surface area contributed by atoms with Crippen LogP contribution in [0, 0.1) is 5.92 Å². The van der Waals surface area contributed by atoms with Crippen molar-refractivity contribution in [3.8, 4) is 0 Å². The largest absolute Gasteiger partial charge is 0.456 e. The Hall–Kier alpha value is -2.36. The molecule has 8 nitrogen and oxygen atoms in total. The van der Waals surface area contributed by atoms with Gasteiger partial charge in [-0.25, -0.2) is 4.79 Å². The number of thioether (sulfide) groups is 1. The molecule has 2 aliphatic rings. The molecule has 34 heavy (non-hydrogen) atoms. The number of amides is 2. The molecule has 0 aliphatic carbocycles. The fourth-order valence-electron chi connectivity index (χ4n) is 4.21. The molecule has 1 saturated heterocycles. The van der Waals surface area contributed by atoms with Gasteiger partial charge >= 0.3 is 5.97 Å². The van der Waals surface area contributed by atoms with Gasteiger partial charge < -0.3 is 24.8 Å². The molecule has 0 saturated carbocycles. The summed E-state index contributed by atoms with van der Waals surface area (Å²) in [6, 6.07) is 7.69. The first-order valence-corrected chi connectivity index (χ1v) is 12.4. The molecule has 2 aliphatic heterocycles. The van der Waals surface area contributed by atoms with Crippen LogP contribution >= 0.6 is 11.8 Å². The Balaban J connectivity index is 1.67. The summed E-state index contributed by atoms with van der Waals surface area (Å²) >= 11 is 1.42. The first kappa shape index (κ1) is 26.2. The minimum atomic E-state index is -0.787. The number of carbonyl (C=O) groups is 3. The van der Waals surface area contributed by atoms with Crippen molar-refractivity contribution in [1.29, 1.82) is 0 Å². The Morgan fingerprint density at radius 1 is 1.26 bits per heavy atom. The second-order valence-electron chi connectivity index (χ2n) is 9.67. The van der Waals surface area contributed by atoms with Gasteiger partial charge in [-0.1, -0.05) is 45.0 Å². The van der Waals surface area contributed by atoms with E-state index in [2.05, 4.69) is 26.1 Å². The molecule has 2 heterocycles. The molecule has 0 bridgehead atoms. The number of ether oxygens (including phenoxy) is 2. The third-order valence-corrected chi connectivity index (χ3v) is 7.16. The van der Waals surface area contributed by atoms with Crippen LogP contribution in [0.1, 0.15) is 45.2 Å². The molecule has 0 unspecified atom stereocenters.